The number of benzene rings is 1. The number of rotatable bonds is 6. The summed E-state index contributed by atoms with van der Waals surface area (Å²) >= 11 is 0. The minimum atomic E-state index is -0.656. The Bertz CT molecular complexity index is 1590. The van der Waals surface area contributed by atoms with Crippen molar-refractivity contribution in [3.63, 3.8) is 0 Å². The lowest BCUT2D eigenvalue weighted by atomic mass is 9.41. The molecule has 13 unspecified atom stereocenters. The maximum absolute atomic E-state index is 14.0. The molecule has 13 atom stereocenters. The van der Waals surface area contributed by atoms with Gasteiger partial charge < -0.3 is 29.1 Å². The summed E-state index contributed by atoms with van der Waals surface area (Å²) in [5.41, 5.74) is 0.544. The molecule has 2 heterocycles. The summed E-state index contributed by atoms with van der Waals surface area (Å²) in [5, 5.41) is 20.8. The van der Waals surface area contributed by atoms with E-state index in [2.05, 4.69) is 39.5 Å². The summed E-state index contributed by atoms with van der Waals surface area (Å²) in [6.07, 6.45) is 7.34. The molecule has 2 saturated heterocycles. The van der Waals surface area contributed by atoms with Crippen molar-refractivity contribution in [2.75, 3.05) is 26.2 Å². The van der Waals surface area contributed by atoms with Crippen LogP contribution in [0, 0.1) is 67.8 Å². The number of aliphatic hydroxyl groups is 1. The first-order valence-electron chi connectivity index (χ1n) is 20.1. The van der Waals surface area contributed by atoms with Crippen LogP contribution >= 0.6 is 0 Å². The maximum Gasteiger partial charge on any atom is 0.219 e. The predicted octanol–water partition coefficient (Wildman–Crippen LogP) is 7.17. The molecule has 2 aliphatic heterocycles. The largest absolute Gasteiger partial charge is 0.390 e. The van der Waals surface area contributed by atoms with Gasteiger partial charge in [0.25, 0.3) is 0 Å². The first kappa shape index (κ1) is 36.8. The Morgan fingerprint density at radius 2 is 1.73 bits per heavy atom. The number of carbonyl (C=O) groups is 1. The fraction of sp³-hybridized carbons (Fsp3) is 0.810. The van der Waals surface area contributed by atoms with Gasteiger partial charge in [-0.15, -0.1) is 0 Å². The van der Waals surface area contributed by atoms with Crippen LogP contribution in [0.15, 0.2) is 18.2 Å². The van der Waals surface area contributed by atoms with E-state index in [1.807, 2.05) is 6.92 Å². The van der Waals surface area contributed by atoms with E-state index in [9.17, 15) is 18.7 Å². The third-order valence-electron chi connectivity index (χ3n) is 16.8. The van der Waals surface area contributed by atoms with E-state index in [1.165, 1.54) is 31.9 Å². The molecule has 2 N–H and O–H groups in total. The summed E-state index contributed by atoms with van der Waals surface area (Å²) < 4.78 is 47.8. The topological polar surface area (TPSA) is 95.3 Å². The Hall–Kier alpha value is -2.14. The number of nitrogens with zero attached hydrogens (tertiary/aromatic N) is 2. The van der Waals surface area contributed by atoms with Gasteiger partial charge in [-0.2, -0.15) is 0 Å². The van der Waals surface area contributed by atoms with E-state index < -0.39 is 17.7 Å². The summed E-state index contributed by atoms with van der Waals surface area (Å²) in [7, 11) is 0. The van der Waals surface area contributed by atoms with Crippen LogP contribution in [0.1, 0.15) is 105 Å². The van der Waals surface area contributed by atoms with Crippen molar-refractivity contribution in [2.24, 2.45) is 50.7 Å². The molecule has 52 heavy (non-hydrogen) atoms. The Kier molecular flexibility index (Phi) is 8.81. The molecule has 10 heteroatoms. The van der Waals surface area contributed by atoms with E-state index in [4.69, 9.17) is 19.6 Å². The van der Waals surface area contributed by atoms with Gasteiger partial charge in [0.2, 0.25) is 5.91 Å². The number of hydrogen-bond acceptors (Lipinski definition) is 6. The highest BCUT2D eigenvalue weighted by Gasteiger charge is 2.84. The van der Waals surface area contributed by atoms with E-state index in [0.29, 0.717) is 48.8 Å². The number of halogens is 2. The van der Waals surface area contributed by atoms with Crippen LogP contribution in [0.4, 0.5) is 8.78 Å². The second-order valence-corrected chi connectivity index (χ2v) is 19.3. The molecule has 8 nitrogen and oxygen atoms in total. The highest BCUT2D eigenvalue weighted by Crippen LogP contribution is 2.89. The monoisotopic (exact) mass is 725 g/mol. The van der Waals surface area contributed by atoms with Gasteiger partial charge in [0, 0.05) is 38.0 Å². The summed E-state index contributed by atoms with van der Waals surface area (Å²) in [4.78, 5) is 16.5. The molecular weight excluding hydrogens is 664 g/mol. The minimum Gasteiger partial charge on any atom is -0.390 e. The maximum atomic E-state index is 14.0. The number of amides is 1. The van der Waals surface area contributed by atoms with Gasteiger partial charge in [-0.05, 0) is 121 Å². The lowest BCUT2D eigenvalue weighted by Gasteiger charge is -2.64. The molecule has 2 spiro atoms. The smallest absolute Gasteiger partial charge is 0.219 e. The zero-order chi connectivity index (χ0) is 37.2. The van der Waals surface area contributed by atoms with Crippen LogP contribution < -0.4 is 0 Å². The number of carbonyl (C=O) groups excluding carboxylic acids is 1. The zero-order valence-corrected chi connectivity index (χ0v) is 32.4. The van der Waals surface area contributed by atoms with E-state index in [-0.39, 0.29) is 70.0 Å². The lowest BCUT2D eigenvalue weighted by Crippen LogP contribution is -2.60. The number of aliphatic hydroxyl groups excluding tert-OH is 1. The number of ether oxygens (including phenoxy) is 3. The van der Waals surface area contributed by atoms with E-state index in [0.717, 1.165) is 51.1 Å². The standard InChI is InChI=1S/C42H61F2N3O5/c1-24-16-30(21-47(26(3)48)20-27-17-28(43)19-29(44)18-27)51-36-35(24)39(6)12-13-42-23-41(42)11-10-33(52-34-22-46(25(2)45)14-15-50-34)38(4,5)31(41)8-9-32(42)40(39,7)37(36)49/h17-19,24,30-37,45,49H,8-16,20-23H2,1-7H3. The van der Waals surface area contributed by atoms with Gasteiger partial charge in [0.05, 0.1) is 43.4 Å². The third kappa shape index (κ3) is 5.22. The molecule has 0 radical (unpaired) electrons. The quantitative estimate of drug-likeness (QED) is 0.239. The van der Waals surface area contributed by atoms with Crippen LogP contribution in [0.3, 0.4) is 0 Å². The molecule has 1 aromatic rings. The number of fused-ring (bicyclic) bond motifs is 4. The SMILES string of the molecule is CC(=N)N1CCOC(OC2CCC34CC35CCC3(C)C6C(C)CC(CN(Cc7cc(F)cc(F)c7)C(C)=O)OC6C(O)C3(C)C5CCC4C2(C)C)C1. The minimum absolute atomic E-state index is 0.00721. The molecule has 1 aromatic carbocycles. The highest BCUT2D eigenvalue weighted by molar-refractivity contribution is 5.76. The second-order valence-electron chi connectivity index (χ2n) is 19.3. The van der Waals surface area contributed by atoms with Gasteiger partial charge in [-0.3, -0.25) is 10.2 Å². The molecule has 5 aliphatic carbocycles. The van der Waals surface area contributed by atoms with E-state index >= 15 is 0 Å². The van der Waals surface area contributed by atoms with Gasteiger partial charge in [-0.1, -0.05) is 34.6 Å². The number of morpholine rings is 1. The van der Waals surface area contributed by atoms with E-state index in [1.54, 1.807) is 4.90 Å². The predicted molar refractivity (Wildman–Crippen MR) is 193 cm³/mol. The Morgan fingerprint density at radius 3 is 2.42 bits per heavy atom. The van der Waals surface area contributed by atoms with Crippen molar-refractivity contribution < 1.29 is 32.9 Å². The summed E-state index contributed by atoms with van der Waals surface area (Å²) in [6.45, 7) is 17.7. The molecular formula is C42H61F2N3O5. The number of amidine groups is 1. The molecule has 0 aromatic heterocycles. The van der Waals surface area contributed by atoms with Crippen LogP contribution in [0.5, 0.6) is 0 Å². The normalized spacial score (nSPS) is 45.9. The fourth-order valence-electron chi connectivity index (χ4n) is 14.4. The molecule has 7 aliphatic rings. The van der Waals surface area contributed by atoms with Crippen molar-refractivity contribution in [1.82, 2.24) is 9.80 Å². The van der Waals surface area contributed by atoms with Gasteiger partial charge in [0.1, 0.15) is 11.6 Å². The van der Waals surface area contributed by atoms with Crippen molar-refractivity contribution in [1.29, 1.82) is 5.41 Å². The second kappa shape index (κ2) is 12.4. The molecule has 288 valence electrons. The summed E-state index contributed by atoms with van der Waals surface area (Å²) in [6, 6.07) is 3.40. The first-order chi connectivity index (χ1) is 24.5. The Morgan fingerprint density at radius 1 is 1.04 bits per heavy atom. The Balaban J connectivity index is 1.00. The van der Waals surface area contributed by atoms with Crippen molar-refractivity contribution >= 4 is 11.7 Å². The van der Waals surface area contributed by atoms with Crippen LogP contribution in [-0.4, -0.2) is 83.6 Å². The van der Waals surface area contributed by atoms with Crippen LogP contribution in [-0.2, 0) is 25.5 Å². The van der Waals surface area contributed by atoms with Crippen molar-refractivity contribution in [2.45, 2.75) is 137 Å². The fourth-order valence-corrected chi connectivity index (χ4v) is 14.4. The summed E-state index contributed by atoms with van der Waals surface area (Å²) in [5.74, 6) is 0.570. The van der Waals surface area contributed by atoms with Gasteiger partial charge >= 0.3 is 0 Å². The van der Waals surface area contributed by atoms with Crippen LogP contribution in [0.25, 0.3) is 0 Å². The molecule has 8 rings (SSSR count). The molecule has 1 amide bonds. The van der Waals surface area contributed by atoms with Gasteiger partial charge in [-0.25, -0.2) is 8.78 Å². The van der Waals surface area contributed by atoms with Gasteiger partial charge in [0.15, 0.2) is 6.29 Å². The third-order valence-corrected chi connectivity index (χ3v) is 16.8. The average molecular weight is 726 g/mol. The van der Waals surface area contributed by atoms with Crippen LogP contribution in [0.2, 0.25) is 0 Å². The first-order valence-corrected chi connectivity index (χ1v) is 20.1. The Labute approximate surface area is 308 Å². The molecule has 0 bridgehead atoms. The van der Waals surface area contributed by atoms with Crippen molar-refractivity contribution in [3.8, 4) is 0 Å². The molecule has 5 saturated carbocycles. The average Bonchev–Trinajstić information content (AvgIpc) is 3.70. The highest BCUT2D eigenvalue weighted by atomic mass is 19.1. The molecule has 7 fully saturated rings. The van der Waals surface area contributed by atoms with Crippen molar-refractivity contribution in [3.05, 3.63) is 35.4 Å². The number of hydrogen-bond donors (Lipinski definition) is 2. The lowest BCUT2D eigenvalue weighted by molar-refractivity contribution is -0.244. The zero-order valence-electron chi connectivity index (χ0n) is 32.4. The number of nitrogens with one attached hydrogen (secondary N) is 1.